The topological polar surface area (TPSA) is 93.2 Å². The number of aromatic nitrogens is 4. The maximum Gasteiger partial charge on any atom is 0.352 e. The maximum absolute atomic E-state index is 13.8. The van der Waals surface area contributed by atoms with Crippen molar-refractivity contribution in [2.45, 2.75) is 77.1 Å². The summed E-state index contributed by atoms with van der Waals surface area (Å²) in [5, 5.41) is 14.4. The average molecular weight is 542 g/mol. The molecule has 2 atom stereocenters. The highest BCUT2D eigenvalue weighted by Gasteiger charge is 2.39. The number of ketones is 1. The molecule has 0 aliphatic carbocycles. The minimum Gasteiger partial charge on any atom is -0.393 e. The second-order valence-corrected chi connectivity index (χ2v) is 11.3. The Morgan fingerprint density at radius 2 is 1.92 bits per heavy atom. The van der Waals surface area contributed by atoms with Crippen molar-refractivity contribution in [3.05, 3.63) is 63.4 Å². The molecule has 3 aromatic rings. The van der Waals surface area contributed by atoms with Crippen LogP contribution in [0.1, 0.15) is 51.5 Å². The zero-order valence-electron chi connectivity index (χ0n) is 21.7. The van der Waals surface area contributed by atoms with Crippen LogP contribution in [0.3, 0.4) is 0 Å². The van der Waals surface area contributed by atoms with E-state index in [4.69, 9.17) is 11.6 Å². The van der Waals surface area contributed by atoms with E-state index < -0.39 is 11.5 Å². The van der Waals surface area contributed by atoms with Crippen molar-refractivity contribution < 1.29 is 14.3 Å². The molecule has 10 heteroatoms. The van der Waals surface area contributed by atoms with Crippen LogP contribution in [0.5, 0.6) is 0 Å². The van der Waals surface area contributed by atoms with Gasteiger partial charge in [-0.25, -0.2) is 14.2 Å². The summed E-state index contributed by atoms with van der Waals surface area (Å²) in [6.07, 6.45) is 6.70. The molecule has 1 N–H and O–H groups in total. The normalized spacial score (nSPS) is 21.4. The summed E-state index contributed by atoms with van der Waals surface area (Å²) in [4.78, 5) is 33.0. The first kappa shape index (κ1) is 26.7. The molecule has 4 heterocycles. The minimum atomic E-state index is -0.578. The molecule has 1 aromatic carbocycles. The molecule has 2 fully saturated rings. The summed E-state index contributed by atoms with van der Waals surface area (Å²) in [6, 6.07) is 8.69. The van der Waals surface area contributed by atoms with Gasteiger partial charge in [0.2, 0.25) is 0 Å². The second kappa shape index (κ2) is 11.1. The van der Waals surface area contributed by atoms with Crippen molar-refractivity contribution in [2.24, 2.45) is 5.92 Å². The molecule has 5 rings (SSSR count). The van der Waals surface area contributed by atoms with Crippen LogP contribution in [0.4, 0.5) is 4.39 Å². The first-order chi connectivity index (χ1) is 18.2. The molecule has 0 amide bonds. The van der Waals surface area contributed by atoms with Crippen molar-refractivity contribution in [1.29, 1.82) is 0 Å². The number of benzene rings is 1. The predicted molar refractivity (Wildman–Crippen MR) is 143 cm³/mol. The number of carbonyl (C=O) groups excluding carboxylic acids is 1. The van der Waals surface area contributed by atoms with Gasteiger partial charge in [-0.3, -0.25) is 14.3 Å². The fourth-order valence-electron chi connectivity index (χ4n) is 5.79. The second-order valence-electron chi connectivity index (χ2n) is 10.9. The molecule has 2 saturated heterocycles. The van der Waals surface area contributed by atoms with Gasteiger partial charge in [0.15, 0.2) is 17.4 Å². The van der Waals surface area contributed by atoms with Gasteiger partial charge in [-0.2, -0.15) is 4.68 Å². The molecule has 0 radical (unpaired) electrons. The van der Waals surface area contributed by atoms with Gasteiger partial charge < -0.3 is 5.11 Å². The summed E-state index contributed by atoms with van der Waals surface area (Å²) < 4.78 is 16.3. The lowest BCUT2D eigenvalue weighted by Gasteiger charge is -2.37. The minimum absolute atomic E-state index is 0.0938. The van der Waals surface area contributed by atoms with Crippen molar-refractivity contribution in [1.82, 2.24) is 24.2 Å². The molecular weight excluding hydrogens is 509 g/mol. The van der Waals surface area contributed by atoms with Crippen molar-refractivity contribution >= 4 is 17.4 Å². The predicted octanol–water partition coefficient (Wildman–Crippen LogP) is 4.03. The van der Waals surface area contributed by atoms with Gasteiger partial charge >= 0.3 is 5.69 Å². The van der Waals surface area contributed by atoms with Crippen LogP contribution in [0.25, 0.3) is 17.2 Å². The summed E-state index contributed by atoms with van der Waals surface area (Å²) in [6.45, 7) is 4.64. The van der Waals surface area contributed by atoms with Gasteiger partial charge in [-0.05, 0) is 67.9 Å². The standard InChI is InChI=1S/C28H33ClFN5O3/c1-17(2)11-23(37)16-34-27(19-4-7-25(30)24(29)12-19)32-35(28(34)38)26-8-3-18(15-31-26)9-10-33-20-5-6-21(33)14-22(36)13-20/h3-4,7-8,12,15,17,20-22,36H,5-6,9-11,13-14,16H2,1-2H3. The Hall–Kier alpha value is -2.88. The van der Waals surface area contributed by atoms with Crippen LogP contribution in [0.15, 0.2) is 41.3 Å². The van der Waals surface area contributed by atoms with Crippen LogP contribution in [-0.4, -0.2) is 59.9 Å². The number of halogens is 2. The highest BCUT2D eigenvalue weighted by molar-refractivity contribution is 6.31. The van der Waals surface area contributed by atoms with Gasteiger partial charge in [0, 0.05) is 36.8 Å². The Kier molecular flexibility index (Phi) is 7.79. The molecule has 202 valence electrons. The molecule has 8 nitrogen and oxygen atoms in total. The van der Waals surface area contributed by atoms with E-state index in [-0.39, 0.29) is 35.2 Å². The Morgan fingerprint density at radius 3 is 2.55 bits per heavy atom. The summed E-state index contributed by atoms with van der Waals surface area (Å²) in [7, 11) is 0. The van der Waals surface area contributed by atoms with Crippen LogP contribution >= 0.6 is 11.6 Å². The Labute approximate surface area is 226 Å². The van der Waals surface area contributed by atoms with E-state index in [0.717, 1.165) is 44.2 Å². The van der Waals surface area contributed by atoms with E-state index in [9.17, 15) is 19.1 Å². The molecule has 2 aliphatic rings. The lowest BCUT2D eigenvalue weighted by molar-refractivity contribution is -0.120. The van der Waals surface area contributed by atoms with Gasteiger partial charge in [-0.15, -0.1) is 5.10 Å². The zero-order chi connectivity index (χ0) is 27.0. The molecule has 0 spiro atoms. The number of aliphatic hydroxyl groups excluding tert-OH is 1. The van der Waals surface area contributed by atoms with E-state index in [0.29, 0.717) is 29.9 Å². The Balaban J connectivity index is 1.38. The van der Waals surface area contributed by atoms with E-state index in [1.807, 2.05) is 19.9 Å². The number of hydrogen-bond acceptors (Lipinski definition) is 6. The lowest BCUT2D eigenvalue weighted by Crippen LogP contribution is -2.45. The molecular formula is C28H33ClFN5O3. The molecule has 2 unspecified atom stereocenters. The third-order valence-electron chi connectivity index (χ3n) is 7.55. The number of piperidine rings is 1. The summed E-state index contributed by atoms with van der Waals surface area (Å²) in [5.41, 5.74) is 0.980. The third-order valence-corrected chi connectivity index (χ3v) is 7.84. The number of Topliss-reactive ketones (excluding diaryl/α,β-unsaturated/α-hetero) is 1. The van der Waals surface area contributed by atoms with E-state index >= 15 is 0 Å². The SMILES string of the molecule is CC(C)CC(=O)Cn1c(-c2ccc(F)c(Cl)c2)nn(-c2ccc(CCN3C4CCC3CC(O)C4)cn2)c1=O. The fourth-order valence-corrected chi connectivity index (χ4v) is 5.97. The van der Waals surface area contributed by atoms with E-state index in [1.165, 1.54) is 27.4 Å². The molecule has 2 aromatic heterocycles. The van der Waals surface area contributed by atoms with E-state index in [1.54, 1.807) is 12.3 Å². The lowest BCUT2D eigenvalue weighted by atomic mass is 9.99. The molecule has 0 saturated carbocycles. The zero-order valence-corrected chi connectivity index (χ0v) is 22.4. The third kappa shape index (κ3) is 5.60. The number of nitrogens with zero attached hydrogens (tertiary/aromatic N) is 5. The first-order valence-corrected chi connectivity index (χ1v) is 13.6. The largest absolute Gasteiger partial charge is 0.393 e. The van der Waals surface area contributed by atoms with Gasteiger partial charge in [0.05, 0.1) is 17.7 Å². The number of fused-ring (bicyclic) bond motifs is 2. The number of hydrogen-bond donors (Lipinski definition) is 1. The van der Waals surface area contributed by atoms with Crippen LogP contribution in [0, 0.1) is 11.7 Å². The average Bonchev–Trinajstić information content (AvgIpc) is 3.31. The van der Waals surface area contributed by atoms with Gasteiger partial charge in [0.25, 0.3) is 0 Å². The number of pyridine rings is 1. The molecule has 2 bridgehead atoms. The monoisotopic (exact) mass is 541 g/mol. The first-order valence-electron chi connectivity index (χ1n) is 13.3. The van der Waals surface area contributed by atoms with Crippen molar-refractivity contribution in [3.63, 3.8) is 0 Å². The van der Waals surface area contributed by atoms with Crippen LogP contribution in [-0.2, 0) is 17.8 Å². The number of aliphatic hydroxyl groups is 1. The Morgan fingerprint density at radius 1 is 1.18 bits per heavy atom. The quantitative estimate of drug-likeness (QED) is 0.439. The fraction of sp³-hybridized carbons (Fsp3) is 0.500. The number of rotatable bonds is 9. The smallest absolute Gasteiger partial charge is 0.352 e. The number of carbonyl (C=O) groups is 1. The van der Waals surface area contributed by atoms with Crippen molar-refractivity contribution in [2.75, 3.05) is 6.54 Å². The summed E-state index contributed by atoms with van der Waals surface area (Å²) in [5.74, 6) is 0.0349. The van der Waals surface area contributed by atoms with Gasteiger partial charge in [-0.1, -0.05) is 31.5 Å². The van der Waals surface area contributed by atoms with E-state index in [2.05, 4.69) is 15.0 Å². The maximum atomic E-state index is 13.8. The van der Waals surface area contributed by atoms with Crippen LogP contribution in [0.2, 0.25) is 5.02 Å². The van der Waals surface area contributed by atoms with Crippen LogP contribution < -0.4 is 5.69 Å². The summed E-state index contributed by atoms with van der Waals surface area (Å²) >= 11 is 5.99. The highest BCUT2D eigenvalue weighted by atomic mass is 35.5. The molecule has 2 aliphatic heterocycles. The molecule has 38 heavy (non-hydrogen) atoms. The Bertz CT molecular complexity index is 1360. The van der Waals surface area contributed by atoms with Crippen molar-refractivity contribution in [3.8, 4) is 17.2 Å². The highest BCUT2D eigenvalue weighted by Crippen LogP contribution is 2.35. The van der Waals surface area contributed by atoms with Gasteiger partial charge in [0.1, 0.15) is 5.82 Å².